The Morgan fingerprint density at radius 2 is 2.16 bits per heavy atom. The molecule has 0 amide bonds. The summed E-state index contributed by atoms with van der Waals surface area (Å²) in [6.07, 6.45) is 0. The molecule has 2 aromatic rings. The lowest BCUT2D eigenvalue weighted by Crippen LogP contribution is -2.08. The first-order valence-electron chi connectivity index (χ1n) is 5.78. The van der Waals surface area contributed by atoms with Crippen molar-refractivity contribution in [1.29, 1.82) is 0 Å². The highest BCUT2D eigenvalue weighted by Crippen LogP contribution is 2.22. The molecule has 0 atom stereocenters. The van der Waals surface area contributed by atoms with Crippen molar-refractivity contribution in [2.24, 2.45) is 0 Å². The molecule has 0 spiro atoms. The predicted molar refractivity (Wildman–Crippen MR) is 76.4 cm³/mol. The second kappa shape index (κ2) is 5.75. The number of nitrogens with zero attached hydrogens (tertiary/aromatic N) is 1. The monoisotopic (exact) mass is 277 g/mol. The highest BCUT2D eigenvalue weighted by Gasteiger charge is 2.12. The number of anilines is 1. The summed E-state index contributed by atoms with van der Waals surface area (Å²) in [6, 6.07) is 9.47. The van der Waals surface area contributed by atoms with Gasteiger partial charge in [-0.05, 0) is 23.6 Å². The van der Waals surface area contributed by atoms with Gasteiger partial charge in [-0.25, -0.2) is 4.79 Å². The van der Waals surface area contributed by atoms with E-state index in [1.54, 1.807) is 11.4 Å². The van der Waals surface area contributed by atoms with Crippen LogP contribution in [0.15, 0.2) is 35.7 Å². The number of hydrogen-bond donors (Lipinski definition) is 1. The minimum atomic E-state index is -0.907. The van der Waals surface area contributed by atoms with Gasteiger partial charge >= 0.3 is 5.97 Å². The van der Waals surface area contributed by atoms with E-state index in [0.717, 1.165) is 11.4 Å². The molecule has 5 heteroatoms. The highest BCUT2D eigenvalue weighted by atomic mass is 32.1. The van der Waals surface area contributed by atoms with E-state index in [1.165, 1.54) is 11.3 Å². The summed E-state index contributed by atoms with van der Waals surface area (Å²) >= 11 is 1.21. The number of thiophene rings is 1. The van der Waals surface area contributed by atoms with Crippen molar-refractivity contribution in [1.82, 2.24) is 0 Å². The third-order valence-electron chi connectivity index (χ3n) is 2.67. The second-order valence-electron chi connectivity index (χ2n) is 4.26. The fourth-order valence-corrected chi connectivity index (χ4v) is 2.40. The first-order chi connectivity index (χ1) is 9.08. The maximum Gasteiger partial charge on any atom is 0.346 e. The van der Waals surface area contributed by atoms with Gasteiger partial charge in [0.05, 0.1) is 0 Å². The molecular weight excluding hydrogens is 262 g/mol. The Bertz CT molecular complexity index is 578. The topological polar surface area (TPSA) is 49.8 Å². The van der Waals surface area contributed by atoms with Crippen LogP contribution in [0.2, 0.25) is 0 Å². The maximum absolute atomic E-state index is 11.0. The highest BCUT2D eigenvalue weighted by molar-refractivity contribution is 7.12. The molecule has 0 saturated carbocycles. The van der Waals surface area contributed by atoms with Crippen molar-refractivity contribution in [3.05, 3.63) is 46.2 Å². The largest absolute Gasteiger partial charge is 0.489 e. The molecule has 1 aromatic carbocycles. The van der Waals surface area contributed by atoms with E-state index >= 15 is 0 Å². The van der Waals surface area contributed by atoms with E-state index in [1.807, 2.05) is 43.3 Å². The summed E-state index contributed by atoms with van der Waals surface area (Å²) in [6.45, 7) is 0.266. The molecule has 0 aliphatic rings. The number of hydrogen-bond acceptors (Lipinski definition) is 4. The first kappa shape index (κ1) is 13.4. The fraction of sp³-hybridized carbons (Fsp3) is 0.214. The van der Waals surface area contributed by atoms with Gasteiger partial charge in [-0.2, -0.15) is 0 Å². The average Bonchev–Trinajstić information content (AvgIpc) is 2.85. The average molecular weight is 277 g/mol. The van der Waals surface area contributed by atoms with Gasteiger partial charge < -0.3 is 14.7 Å². The van der Waals surface area contributed by atoms with Crippen LogP contribution < -0.4 is 9.64 Å². The van der Waals surface area contributed by atoms with Crippen LogP contribution in [-0.2, 0) is 6.61 Å². The zero-order chi connectivity index (χ0) is 13.8. The van der Waals surface area contributed by atoms with Crippen molar-refractivity contribution >= 4 is 23.0 Å². The van der Waals surface area contributed by atoms with Gasteiger partial charge in [-0.15, -0.1) is 11.3 Å². The van der Waals surface area contributed by atoms with Crippen molar-refractivity contribution in [2.75, 3.05) is 19.0 Å². The van der Waals surface area contributed by atoms with Gasteiger partial charge in [0.2, 0.25) is 0 Å². The maximum atomic E-state index is 11.0. The van der Waals surface area contributed by atoms with Crippen LogP contribution in [-0.4, -0.2) is 25.2 Å². The third kappa shape index (κ3) is 3.26. The van der Waals surface area contributed by atoms with E-state index in [9.17, 15) is 4.79 Å². The van der Waals surface area contributed by atoms with E-state index in [4.69, 9.17) is 9.84 Å². The SMILES string of the molecule is CN(C)c1cccc(OCc2ccsc2C(=O)O)c1. The molecule has 0 bridgehead atoms. The van der Waals surface area contributed by atoms with Crippen molar-refractivity contribution in [3.63, 3.8) is 0 Å². The Balaban J connectivity index is 2.08. The Kier molecular flexibility index (Phi) is 4.06. The van der Waals surface area contributed by atoms with Crippen LogP contribution in [0, 0.1) is 0 Å². The Labute approximate surface area is 115 Å². The summed E-state index contributed by atoms with van der Waals surface area (Å²) in [4.78, 5) is 13.3. The molecule has 0 fully saturated rings. The zero-order valence-corrected chi connectivity index (χ0v) is 11.6. The third-order valence-corrected chi connectivity index (χ3v) is 3.61. The molecule has 100 valence electrons. The van der Waals surface area contributed by atoms with Gasteiger partial charge in [0.15, 0.2) is 0 Å². The van der Waals surface area contributed by atoms with Crippen LogP contribution in [0.3, 0.4) is 0 Å². The molecule has 19 heavy (non-hydrogen) atoms. The molecule has 2 rings (SSSR count). The lowest BCUT2D eigenvalue weighted by Gasteiger charge is -2.14. The minimum absolute atomic E-state index is 0.266. The number of ether oxygens (including phenoxy) is 1. The summed E-state index contributed by atoms with van der Waals surface area (Å²) in [5.41, 5.74) is 1.74. The van der Waals surface area contributed by atoms with E-state index in [2.05, 4.69) is 0 Å². The molecule has 1 N–H and O–H groups in total. The summed E-state index contributed by atoms with van der Waals surface area (Å²) in [5.74, 6) is -0.176. The van der Waals surface area contributed by atoms with Crippen molar-refractivity contribution in [3.8, 4) is 5.75 Å². The molecule has 0 unspecified atom stereocenters. The van der Waals surface area contributed by atoms with E-state index in [-0.39, 0.29) is 6.61 Å². The lowest BCUT2D eigenvalue weighted by atomic mass is 10.2. The molecule has 0 saturated heterocycles. The van der Waals surface area contributed by atoms with Gasteiger partial charge in [0, 0.05) is 31.4 Å². The van der Waals surface area contributed by atoms with E-state index < -0.39 is 5.97 Å². The van der Waals surface area contributed by atoms with Gasteiger partial charge in [-0.1, -0.05) is 6.07 Å². The normalized spacial score (nSPS) is 10.2. The molecule has 4 nitrogen and oxygen atoms in total. The van der Waals surface area contributed by atoms with E-state index in [0.29, 0.717) is 10.4 Å². The minimum Gasteiger partial charge on any atom is -0.489 e. The summed E-state index contributed by atoms with van der Waals surface area (Å²) < 4.78 is 5.65. The zero-order valence-electron chi connectivity index (χ0n) is 10.8. The number of aromatic carboxylic acids is 1. The summed E-state index contributed by atoms with van der Waals surface area (Å²) in [5, 5.41) is 10.8. The Hall–Kier alpha value is -2.01. The van der Waals surface area contributed by atoms with Gasteiger partial charge in [0.25, 0.3) is 0 Å². The Morgan fingerprint density at radius 1 is 1.37 bits per heavy atom. The molecule has 0 radical (unpaired) electrons. The standard InChI is InChI=1S/C14H15NO3S/c1-15(2)11-4-3-5-12(8-11)18-9-10-6-7-19-13(10)14(16)17/h3-8H,9H2,1-2H3,(H,16,17). The lowest BCUT2D eigenvalue weighted by molar-refractivity contribution is 0.0699. The number of carbonyl (C=O) groups is 1. The molecule has 0 aliphatic heterocycles. The van der Waals surface area contributed by atoms with Crippen molar-refractivity contribution < 1.29 is 14.6 Å². The molecule has 1 aromatic heterocycles. The summed E-state index contributed by atoms with van der Waals surface area (Å²) in [7, 11) is 3.92. The number of carboxylic acid groups (broad SMARTS) is 1. The molecular formula is C14H15NO3S. The van der Waals surface area contributed by atoms with Crippen molar-refractivity contribution in [2.45, 2.75) is 6.61 Å². The fourth-order valence-electron chi connectivity index (χ4n) is 1.65. The Morgan fingerprint density at radius 3 is 2.84 bits per heavy atom. The van der Waals surface area contributed by atoms with Crippen LogP contribution in [0.4, 0.5) is 5.69 Å². The van der Waals surface area contributed by atoms with Crippen LogP contribution >= 0.6 is 11.3 Å². The quantitative estimate of drug-likeness (QED) is 0.912. The molecule has 0 aliphatic carbocycles. The number of rotatable bonds is 5. The number of benzene rings is 1. The predicted octanol–water partition coefficient (Wildman–Crippen LogP) is 3.09. The smallest absolute Gasteiger partial charge is 0.346 e. The molecule has 1 heterocycles. The van der Waals surface area contributed by atoms with Gasteiger partial charge in [-0.3, -0.25) is 0 Å². The van der Waals surface area contributed by atoms with Gasteiger partial charge in [0.1, 0.15) is 17.2 Å². The second-order valence-corrected chi connectivity index (χ2v) is 5.18. The van der Waals surface area contributed by atoms with Crippen LogP contribution in [0.25, 0.3) is 0 Å². The van der Waals surface area contributed by atoms with Crippen LogP contribution in [0.5, 0.6) is 5.75 Å². The number of carboxylic acids is 1. The van der Waals surface area contributed by atoms with Crippen LogP contribution in [0.1, 0.15) is 15.2 Å². The first-order valence-corrected chi connectivity index (χ1v) is 6.65.